The highest BCUT2D eigenvalue weighted by molar-refractivity contribution is 7.85. The van der Waals surface area contributed by atoms with Crippen LogP contribution < -0.4 is 5.73 Å². The first-order chi connectivity index (χ1) is 8.55. The van der Waals surface area contributed by atoms with E-state index in [1.54, 1.807) is 6.92 Å². The number of hydrogen-bond donors (Lipinski definition) is 1. The van der Waals surface area contributed by atoms with E-state index in [0.29, 0.717) is 25.5 Å². The zero-order valence-corrected chi connectivity index (χ0v) is 11.7. The molecule has 0 aromatic rings. The summed E-state index contributed by atoms with van der Waals surface area (Å²) in [7, 11) is -0.657. The van der Waals surface area contributed by atoms with Crippen LogP contribution >= 0.6 is 0 Å². The fourth-order valence-electron chi connectivity index (χ4n) is 2.84. The highest BCUT2D eigenvalue weighted by atomic mass is 32.2. The summed E-state index contributed by atoms with van der Waals surface area (Å²) in [6.07, 6.45) is 2.29. The Hall–Kier alpha value is -0.460. The van der Waals surface area contributed by atoms with E-state index >= 15 is 0 Å². The standard InChI is InChI=1S/C12H22N2O3S/c1-2-17-11(15)12(13)4-3-10(9-12)14-5-7-18(16)8-6-14/h10H,2-9,13H2,1H3. The lowest BCUT2D eigenvalue weighted by molar-refractivity contribution is -0.149. The monoisotopic (exact) mass is 274 g/mol. The van der Waals surface area contributed by atoms with E-state index in [1.165, 1.54) is 0 Å². The molecular weight excluding hydrogens is 252 g/mol. The predicted molar refractivity (Wildman–Crippen MR) is 70.6 cm³/mol. The molecule has 1 aliphatic heterocycles. The van der Waals surface area contributed by atoms with E-state index in [1.807, 2.05) is 0 Å². The van der Waals surface area contributed by atoms with Crippen molar-refractivity contribution in [3.63, 3.8) is 0 Å². The van der Waals surface area contributed by atoms with Crippen LogP contribution in [-0.4, -0.2) is 57.9 Å². The number of nitrogens with zero attached hydrogens (tertiary/aromatic N) is 1. The van der Waals surface area contributed by atoms with Crippen LogP contribution in [0.4, 0.5) is 0 Å². The second kappa shape index (κ2) is 5.67. The molecule has 1 aliphatic carbocycles. The lowest BCUT2D eigenvalue weighted by atomic mass is 9.99. The Morgan fingerprint density at radius 1 is 1.50 bits per heavy atom. The number of carbonyl (C=O) groups is 1. The molecule has 0 bridgehead atoms. The van der Waals surface area contributed by atoms with Crippen LogP contribution in [0.1, 0.15) is 26.2 Å². The fourth-order valence-corrected chi connectivity index (χ4v) is 3.92. The highest BCUT2D eigenvalue weighted by Gasteiger charge is 2.45. The molecule has 0 aromatic heterocycles. The zero-order chi connectivity index (χ0) is 13.2. The normalized spacial score (nSPS) is 34.7. The number of carbonyl (C=O) groups excluding carboxylic acids is 1. The van der Waals surface area contributed by atoms with E-state index < -0.39 is 16.3 Å². The minimum absolute atomic E-state index is 0.270. The van der Waals surface area contributed by atoms with Gasteiger partial charge in [-0.15, -0.1) is 0 Å². The quantitative estimate of drug-likeness (QED) is 0.726. The molecule has 2 aliphatic rings. The van der Waals surface area contributed by atoms with Crippen LogP contribution in [0.15, 0.2) is 0 Å². The van der Waals surface area contributed by atoms with Gasteiger partial charge >= 0.3 is 5.97 Å². The number of esters is 1. The molecule has 1 saturated carbocycles. The van der Waals surface area contributed by atoms with Crippen LogP contribution in [0.25, 0.3) is 0 Å². The molecule has 0 aromatic carbocycles. The molecule has 2 fully saturated rings. The smallest absolute Gasteiger partial charge is 0.326 e. The second-order valence-electron chi connectivity index (χ2n) is 5.16. The van der Waals surface area contributed by atoms with E-state index in [2.05, 4.69) is 4.90 Å². The van der Waals surface area contributed by atoms with Gasteiger partial charge in [0.05, 0.1) is 6.61 Å². The third kappa shape index (κ3) is 2.92. The Kier molecular flexibility index (Phi) is 4.40. The van der Waals surface area contributed by atoms with Crippen molar-refractivity contribution in [3.8, 4) is 0 Å². The van der Waals surface area contributed by atoms with Crippen molar-refractivity contribution in [2.24, 2.45) is 5.73 Å². The average Bonchev–Trinajstić information content (AvgIpc) is 2.75. The summed E-state index contributed by atoms with van der Waals surface area (Å²) in [5.41, 5.74) is 5.34. The van der Waals surface area contributed by atoms with E-state index in [4.69, 9.17) is 10.5 Å². The van der Waals surface area contributed by atoms with Gasteiger partial charge in [0, 0.05) is 41.4 Å². The van der Waals surface area contributed by atoms with Crippen LogP contribution in [0.2, 0.25) is 0 Å². The molecule has 2 atom stereocenters. The lowest BCUT2D eigenvalue weighted by Crippen LogP contribution is -2.50. The maximum Gasteiger partial charge on any atom is 0.326 e. The Morgan fingerprint density at radius 3 is 2.78 bits per heavy atom. The van der Waals surface area contributed by atoms with Gasteiger partial charge in [-0.05, 0) is 26.2 Å². The van der Waals surface area contributed by atoms with Gasteiger partial charge in [0.25, 0.3) is 0 Å². The number of hydrogen-bond acceptors (Lipinski definition) is 5. The molecule has 6 heteroatoms. The van der Waals surface area contributed by atoms with Gasteiger partial charge in [-0.2, -0.15) is 0 Å². The number of nitrogens with two attached hydrogens (primary N) is 1. The SMILES string of the molecule is CCOC(=O)C1(N)CCC(N2CCS(=O)CC2)C1. The van der Waals surface area contributed by atoms with Gasteiger partial charge in [-0.1, -0.05) is 0 Å². The molecule has 2 rings (SSSR count). The summed E-state index contributed by atoms with van der Waals surface area (Å²) in [5, 5.41) is 0. The van der Waals surface area contributed by atoms with Gasteiger partial charge < -0.3 is 10.5 Å². The first-order valence-electron chi connectivity index (χ1n) is 6.60. The molecule has 18 heavy (non-hydrogen) atoms. The fraction of sp³-hybridized carbons (Fsp3) is 0.917. The van der Waals surface area contributed by atoms with Crippen molar-refractivity contribution in [1.82, 2.24) is 4.90 Å². The Balaban J connectivity index is 1.91. The summed E-state index contributed by atoms with van der Waals surface area (Å²) < 4.78 is 16.4. The predicted octanol–water partition coefficient (Wildman–Crippen LogP) is -0.136. The van der Waals surface area contributed by atoms with Crippen molar-refractivity contribution in [2.45, 2.75) is 37.8 Å². The molecule has 2 unspecified atom stereocenters. The maximum atomic E-state index is 11.8. The summed E-state index contributed by atoms with van der Waals surface area (Å²) in [6.45, 7) is 3.89. The van der Waals surface area contributed by atoms with Crippen LogP contribution in [0, 0.1) is 0 Å². The van der Waals surface area contributed by atoms with E-state index in [-0.39, 0.29) is 5.97 Å². The molecule has 1 heterocycles. The lowest BCUT2D eigenvalue weighted by Gasteiger charge is -2.32. The van der Waals surface area contributed by atoms with Crippen LogP contribution in [0.3, 0.4) is 0 Å². The van der Waals surface area contributed by atoms with E-state index in [9.17, 15) is 9.00 Å². The number of ether oxygens (including phenoxy) is 1. The van der Waals surface area contributed by atoms with Crippen molar-refractivity contribution < 1.29 is 13.7 Å². The minimum Gasteiger partial charge on any atom is -0.465 e. The number of rotatable bonds is 3. The topological polar surface area (TPSA) is 72.6 Å². The molecule has 1 saturated heterocycles. The maximum absolute atomic E-state index is 11.8. The highest BCUT2D eigenvalue weighted by Crippen LogP contribution is 2.32. The molecule has 0 radical (unpaired) electrons. The van der Waals surface area contributed by atoms with Crippen LogP contribution in [-0.2, 0) is 20.3 Å². The van der Waals surface area contributed by atoms with Gasteiger partial charge in [0.15, 0.2) is 0 Å². The first-order valence-corrected chi connectivity index (χ1v) is 8.09. The first kappa shape index (κ1) is 14.0. The Bertz CT molecular complexity index is 340. The van der Waals surface area contributed by atoms with Crippen LogP contribution in [0.5, 0.6) is 0 Å². The van der Waals surface area contributed by atoms with Crippen molar-refractivity contribution in [1.29, 1.82) is 0 Å². The van der Waals surface area contributed by atoms with Gasteiger partial charge in [0.2, 0.25) is 0 Å². The van der Waals surface area contributed by atoms with E-state index in [0.717, 1.165) is 31.0 Å². The average molecular weight is 274 g/mol. The second-order valence-corrected chi connectivity index (χ2v) is 6.85. The van der Waals surface area contributed by atoms with Gasteiger partial charge in [-0.3, -0.25) is 13.9 Å². The van der Waals surface area contributed by atoms with Crippen molar-refractivity contribution in [2.75, 3.05) is 31.2 Å². The Morgan fingerprint density at radius 2 is 2.17 bits per heavy atom. The van der Waals surface area contributed by atoms with Gasteiger partial charge in [-0.25, -0.2) is 0 Å². The minimum atomic E-state index is -0.808. The molecule has 5 nitrogen and oxygen atoms in total. The molecule has 2 N–H and O–H groups in total. The summed E-state index contributed by atoms with van der Waals surface area (Å²) >= 11 is 0. The molecule has 0 spiro atoms. The molecule has 104 valence electrons. The summed E-state index contributed by atoms with van der Waals surface area (Å²) in [4.78, 5) is 14.2. The molecule has 0 amide bonds. The third-order valence-corrected chi connectivity index (χ3v) is 5.21. The zero-order valence-electron chi connectivity index (χ0n) is 10.9. The summed E-state index contributed by atoms with van der Waals surface area (Å²) in [6, 6.07) is 0.344. The molecular formula is C12H22N2O3S. The van der Waals surface area contributed by atoms with Crippen molar-refractivity contribution in [3.05, 3.63) is 0 Å². The van der Waals surface area contributed by atoms with Crippen molar-refractivity contribution >= 4 is 16.8 Å². The largest absolute Gasteiger partial charge is 0.465 e. The summed E-state index contributed by atoms with van der Waals surface area (Å²) in [5.74, 6) is 1.22. The Labute approximate surface area is 110 Å². The third-order valence-electron chi connectivity index (χ3n) is 3.93. The van der Waals surface area contributed by atoms with Gasteiger partial charge in [0.1, 0.15) is 5.54 Å².